The molecule has 1 aromatic rings. The van der Waals surface area contributed by atoms with Gasteiger partial charge in [0.05, 0.1) is 0 Å². The zero-order valence-electron chi connectivity index (χ0n) is 14.8. The smallest absolute Gasteiger partial charge is 0.193 e. The van der Waals surface area contributed by atoms with Crippen LogP contribution in [0.3, 0.4) is 0 Å². The lowest BCUT2D eigenvalue weighted by molar-refractivity contribution is -0.00520. The normalized spacial score (nSPS) is 18.2. The Morgan fingerprint density at radius 3 is 2.65 bits per heavy atom. The first-order valence-corrected chi connectivity index (χ1v) is 9.15. The van der Waals surface area contributed by atoms with Gasteiger partial charge in [0.2, 0.25) is 0 Å². The molecule has 0 aromatic carbocycles. The number of nitrogens with one attached hydrogen (secondary N) is 1. The molecule has 2 rings (SSSR count). The molecule has 0 atom stereocenters. The predicted octanol–water partition coefficient (Wildman–Crippen LogP) is 1.91. The number of rotatable bonds is 6. The van der Waals surface area contributed by atoms with Crippen LogP contribution in [0.4, 0.5) is 0 Å². The van der Waals surface area contributed by atoms with Crippen molar-refractivity contribution in [1.82, 2.24) is 15.1 Å². The molecular weight excluding hydrogens is 308 g/mol. The Labute approximate surface area is 144 Å². The number of guanidine groups is 1. The Balaban J connectivity index is 1.87. The van der Waals surface area contributed by atoms with Crippen LogP contribution in [0, 0.1) is 0 Å². The molecule has 0 unspecified atom stereocenters. The zero-order valence-corrected chi connectivity index (χ0v) is 15.7. The highest BCUT2D eigenvalue weighted by Crippen LogP contribution is 2.25. The summed E-state index contributed by atoms with van der Waals surface area (Å²) in [6.45, 7) is 3.55. The first kappa shape index (κ1) is 18.2. The van der Waals surface area contributed by atoms with E-state index in [0.29, 0.717) is 0 Å². The lowest BCUT2D eigenvalue weighted by Crippen LogP contribution is -2.57. The minimum atomic E-state index is 0.156. The number of thiophene rings is 1. The number of ether oxygens (including phenoxy) is 1. The lowest BCUT2D eigenvalue weighted by Gasteiger charge is -2.43. The van der Waals surface area contributed by atoms with Gasteiger partial charge in [-0.25, -0.2) is 0 Å². The first-order chi connectivity index (χ1) is 11.1. The van der Waals surface area contributed by atoms with Gasteiger partial charge in [0.1, 0.15) is 0 Å². The second kappa shape index (κ2) is 8.66. The Bertz CT molecular complexity index is 481. The zero-order chi connectivity index (χ0) is 16.7. The third-order valence-corrected chi connectivity index (χ3v) is 5.73. The predicted molar refractivity (Wildman–Crippen MR) is 98.5 cm³/mol. The fourth-order valence-corrected chi connectivity index (χ4v) is 3.70. The molecule has 2 heterocycles. The molecule has 1 aliphatic rings. The molecule has 1 fully saturated rings. The van der Waals surface area contributed by atoms with Gasteiger partial charge in [0.25, 0.3) is 0 Å². The summed E-state index contributed by atoms with van der Waals surface area (Å²) >= 11 is 1.82. The van der Waals surface area contributed by atoms with Crippen molar-refractivity contribution in [1.29, 1.82) is 0 Å². The molecule has 23 heavy (non-hydrogen) atoms. The Hall–Kier alpha value is -1.11. The summed E-state index contributed by atoms with van der Waals surface area (Å²) in [6.07, 6.45) is 3.17. The van der Waals surface area contributed by atoms with Crippen LogP contribution >= 0.6 is 11.3 Å². The number of aliphatic imine (C=N–C) groups is 1. The molecule has 5 nitrogen and oxygen atoms in total. The highest BCUT2D eigenvalue weighted by Gasteiger charge is 2.35. The molecule has 1 aliphatic heterocycles. The maximum absolute atomic E-state index is 5.54. The van der Waals surface area contributed by atoms with E-state index in [2.05, 4.69) is 58.8 Å². The molecule has 0 radical (unpaired) electrons. The number of hydrogen-bond donors (Lipinski definition) is 1. The van der Waals surface area contributed by atoms with Crippen LogP contribution in [0.25, 0.3) is 0 Å². The van der Waals surface area contributed by atoms with Crippen molar-refractivity contribution >= 4 is 17.3 Å². The highest BCUT2D eigenvalue weighted by atomic mass is 32.1. The van der Waals surface area contributed by atoms with E-state index in [1.165, 1.54) is 4.88 Å². The van der Waals surface area contributed by atoms with E-state index in [1.54, 1.807) is 0 Å². The number of likely N-dealkylation sites (N-methyl/N-ethyl adjacent to an activating group) is 2. The van der Waals surface area contributed by atoms with Crippen LogP contribution in [-0.2, 0) is 11.2 Å². The highest BCUT2D eigenvalue weighted by molar-refractivity contribution is 7.09. The summed E-state index contributed by atoms with van der Waals surface area (Å²) in [5.74, 6) is 0.967. The van der Waals surface area contributed by atoms with Gasteiger partial charge >= 0.3 is 0 Å². The van der Waals surface area contributed by atoms with Crippen LogP contribution in [0.15, 0.2) is 22.5 Å². The summed E-state index contributed by atoms with van der Waals surface area (Å²) in [7, 11) is 8.29. The monoisotopic (exact) mass is 338 g/mol. The molecule has 0 amide bonds. The third kappa shape index (κ3) is 4.93. The first-order valence-electron chi connectivity index (χ1n) is 8.27. The van der Waals surface area contributed by atoms with Crippen LogP contribution in [-0.4, -0.2) is 75.8 Å². The molecule has 6 heteroatoms. The second-order valence-electron chi connectivity index (χ2n) is 6.38. The third-order valence-electron chi connectivity index (χ3n) is 4.79. The van der Waals surface area contributed by atoms with Gasteiger partial charge in [-0.2, -0.15) is 0 Å². The van der Waals surface area contributed by atoms with Gasteiger partial charge in [0.15, 0.2) is 5.96 Å². The molecular formula is C17H30N4OS. The quantitative estimate of drug-likeness (QED) is 0.635. The Morgan fingerprint density at radius 1 is 1.35 bits per heavy atom. The summed E-state index contributed by atoms with van der Waals surface area (Å²) in [5, 5.41) is 5.71. The van der Waals surface area contributed by atoms with Gasteiger partial charge in [0, 0.05) is 50.8 Å². The largest absolute Gasteiger partial charge is 0.381 e. The average Bonchev–Trinajstić information content (AvgIpc) is 3.07. The van der Waals surface area contributed by atoms with E-state index in [1.807, 2.05) is 18.4 Å². The number of nitrogens with zero attached hydrogens (tertiary/aromatic N) is 3. The summed E-state index contributed by atoms with van der Waals surface area (Å²) in [6, 6.07) is 4.30. The minimum absolute atomic E-state index is 0.156. The second-order valence-corrected chi connectivity index (χ2v) is 7.42. The van der Waals surface area contributed by atoms with Crippen LogP contribution in [0.2, 0.25) is 0 Å². The lowest BCUT2D eigenvalue weighted by atomic mass is 9.88. The maximum Gasteiger partial charge on any atom is 0.193 e. The van der Waals surface area contributed by atoms with Gasteiger partial charge < -0.3 is 19.9 Å². The number of hydrogen-bond acceptors (Lipinski definition) is 4. The van der Waals surface area contributed by atoms with Gasteiger partial charge in [-0.05, 0) is 44.8 Å². The Kier molecular flexibility index (Phi) is 6.87. The topological polar surface area (TPSA) is 40.1 Å². The van der Waals surface area contributed by atoms with Crippen molar-refractivity contribution in [2.75, 3.05) is 54.5 Å². The van der Waals surface area contributed by atoms with E-state index in [4.69, 9.17) is 4.74 Å². The molecule has 1 N–H and O–H groups in total. The van der Waals surface area contributed by atoms with Crippen molar-refractivity contribution in [3.63, 3.8) is 0 Å². The molecule has 0 saturated carbocycles. The molecule has 130 valence electrons. The van der Waals surface area contributed by atoms with Crippen LogP contribution < -0.4 is 5.32 Å². The molecule has 0 aliphatic carbocycles. The van der Waals surface area contributed by atoms with Crippen molar-refractivity contribution in [2.24, 2.45) is 4.99 Å². The summed E-state index contributed by atoms with van der Waals surface area (Å²) in [4.78, 5) is 10.4. The van der Waals surface area contributed by atoms with Gasteiger partial charge in [-0.1, -0.05) is 6.07 Å². The fourth-order valence-electron chi connectivity index (χ4n) is 3.00. The van der Waals surface area contributed by atoms with Crippen molar-refractivity contribution < 1.29 is 4.74 Å². The SMILES string of the molecule is CN=C(NCC1(N(C)C)CCOCC1)N(C)CCc1cccs1. The van der Waals surface area contributed by atoms with Crippen LogP contribution in [0.5, 0.6) is 0 Å². The Morgan fingerprint density at radius 2 is 2.09 bits per heavy atom. The minimum Gasteiger partial charge on any atom is -0.381 e. The van der Waals surface area contributed by atoms with Crippen molar-refractivity contribution in [3.8, 4) is 0 Å². The van der Waals surface area contributed by atoms with E-state index >= 15 is 0 Å². The fraction of sp³-hybridized carbons (Fsp3) is 0.706. The van der Waals surface area contributed by atoms with Crippen molar-refractivity contribution in [3.05, 3.63) is 22.4 Å². The van der Waals surface area contributed by atoms with E-state index in [0.717, 1.165) is 51.5 Å². The summed E-state index contributed by atoms with van der Waals surface area (Å²) < 4.78 is 5.54. The average molecular weight is 339 g/mol. The van der Waals surface area contributed by atoms with Crippen molar-refractivity contribution in [2.45, 2.75) is 24.8 Å². The summed E-state index contributed by atoms with van der Waals surface area (Å²) in [5.41, 5.74) is 0.156. The molecule has 0 spiro atoms. The maximum atomic E-state index is 5.54. The van der Waals surface area contributed by atoms with E-state index < -0.39 is 0 Å². The van der Waals surface area contributed by atoms with Gasteiger partial charge in [-0.3, -0.25) is 4.99 Å². The standard InChI is InChI=1S/C17H30N4OS/c1-18-16(21(4)10-7-15-6-5-13-23-15)19-14-17(20(2)3)8-11-22-12-9-17/h5-6,13H,7-12,14H2,1-4H3,(H,18,19). The molecule has 1 saturated heterocycles. The van der Waals surface area contributed by atoms with E-state index in [-0.39, 0.29) is 5.54 Å². The van der Waals surface area contributed by atoms with E-state index in [9.17, 15) is 0 Å². The molecule has 0 bridgehead atoms. The van der Waals surface area contributed by atoms with Gasteiger partial charge in [-0.15, -0.1) is 11.3 Å². The van der Waals surface area contributed by atoms with Crippen LogP contribution in [0.1, 0.15) is 17.7 Å². The molecule has 1 aromatic heterocycles.